The Labute approximate surface area is 178 Å². The van der Waals surface area contributed by atoms with E-state index in [4.69, 9.17) is 15.2 Å². The first-order valence-corrected chi connectivity index (χ1v) is 8.72. The molecular formula is C19H28Cl2N4O3. The van der Waals surface area contributed by atoms with Crippen molar-refractivity contribution in [2.45, 2.75) is 20.0 Å². The Hall–Kier alpha value is -1.96. The summed E-state index contributed by atoms with van der Waals surface area (Å²) < 4.78 is 13.0. The number of aromatic nitrogens is 2. The molecule has 7 nitrogen and oxygen atoms in total. The van der Waals surface area contributed by atoms with Crippen LogP contribution in [0, 0.1) is 5.41 Å². The molecule has 156 valence electrons. The summed E-state index contributed by atoms with van der Waals surface area (Å²) in [6.07, 6.45) is 4.58. The maximum absolute atomic E-state index is 12.8. The van der Waals surface area contributed by atoms with Gasteiger partial charge in [0.15, 0.2) is 11.5 Å². The van der Waals surface area contributed by atoms with Gasteiger partial charge in [0.1, 0.15) is 6.61 Å². The van der Waals surface area contributed by atoms with Crippen molar-refractivity contribution < 1.29 is 14.3 Å². The van der Waals surface area contributed by atoms with Crippen molar-refractivity contribution in [2.75, 3.05) is 26.7 Å². The van der Waals surface area contributed by atoms with Crippen LogP contribution >= 0.6 is 24.8 Å². The van der Waals surface area contributed by atoms with Crippen molar-refractivity contribution >= 4 is 30.7 Å². The summed E-state index contributed by atoms with van der Waals surface area (Å²) in [5.41, 5.74) is 7.40. The molecule has 1 unspecified atom stereocenters. The first-order chi connectivity index (χ1) is 12.4. The minimum atomic E-state index is -0.000663. The Morgan fingerprint density at radius 3 is 2.64 bits per heavy atom. The summed E-state index contributed by atoms with van der Waals surface area (Å²) >= 11 is 0. The molecule has 1 aromatic heterocycles. The lowest BCUT2D eigenvalue weighted by Gasteiger charge is -2.22. The third kappa shape index (κ3) is 5.31. The second kappa shape index (κ2) is 10.0. The molecule has 2 aromatic rings. The second-order valence-electron chi connectivity index (χ2n) is 7.17. The van der Waals surface area contributed by atoms with Gasteiger partial charge in [-0.05, 0) is 36.6 Å². The molecule has 0 radical (unpaired) electrons. The molecule has 0 bridgehead atoms. The summed E-state index contributed by atoms with van der Waals surface area (Å²) in [4.78, 5) is 14.6. The molecule has 0 saturated carbocycles. The van der Waals surface area contributed by atoms with E-state index in [2.05, 4.69) is 12.0 Å². The Morgan fingerprint density at radius 1 is 1.32 bits per heavy atom. The van der Waals surface area contributed by atoms with E-state index in [-0.39, 0.29) is 36.1 Å². The number of rotatable bonds is 6. The fourth-order valence-electron chi connectivity index (χ4n) is 3.17. The fraction of sp³-hybridized carbons (Fsp3) is 0.474. The van der Waals surface area contributed by atoms with E-state index in [0.717, 1.165) is 18.5 Å². The van der Waals surface area contributed by atoms with Crippen molar-refractivity contribution in [3.05, 3.63) is 41.7 Å². The van der Waals surface area contributed by atoms with Crippen molar-refractivity contribution in [1.82, 2.24) is 14.7 Å². The highest BCUT2D eigenvalue weighted by molar-refractivity contribution is 5.95. The third-order valence-corrected chi connectivity index (χ3v) is 4.90. The van der Waals surface area contributed by atoms with Gasteiger partial charge in [-0.2, -0.15) is 5.10 Å². The van der Waals surface area contributed by atoms with E-state index in [1.54, 1.807) is 36.2 Å². The van der Waals surface area contributed by atoms with Crippen LogP contribution in [0.2, 0.25) is 0 Å². The largest absolute Gasteiger partial charge is 0.493 e. The molecule has 1 atom stereocenters. The summed E-state index contributed by atoms with van der Waals surface area (Å²) in [7, 11) is 3.43. The van der Waals surface area contributed by atoms with E-state index in [0.29, 0.717) is 36.8 Å². The Kier molecular flexibility index (Phi) is 8.60. The first-order valence-electron chi connectivity index (χ1n) is 8.72. The van der Waals surface area contributed by atoms with Crippen LogP contribution in [-0.2, 0) is 13.7 Å². The molecule has 0 spiro atoms. The molecule has 3 rings (SSSR count). The van der Waals surface area contributed by atoms with Gasteiger partial charge >= 0.3 is 0 Å². The number of nitrogens with two attached hydrogens (primary N) is 1. The zero-order valence-corrected chi connectivity index (χ0v) is 18.0. The number of halogens is 2. The predicted octanol–water partition coefficient (Wildman–Crippen LogP) is 2.66. The molecule has 1 fully saturated rings. The maximum atomic E-state index is 12.8. The molecule has 28 heavy (non-hydrogen) atoms. The van der Waals surface area contributed by atoms with Crippen LogP contribution in [-0.4, -0.2) is 47.3 Å². The quantitative estimate of drug-likeness (QED) is 0.761. The van der Waals surface area contributed by atoms with Crippen LogP contribution in [0.5, 0.6) is 11.5 Å². The summed E-state index contributed by atoms with van der Waals surface area (Å²) in [6.45, 7) is 4.51. The van der Waals surface area contributed by atoms with Crippen molar-refractivity contribution in [3.63, 3.8) is 0 Å². The van der Waals surface area contributed by atoms with Gasteiger partial charge in [-0.15, -0.1) is 24.8 Å². The van der Waals surface area contributed by atoms with E-state index in [1.807, 2.05) is 18.1 Å². The molecule has 9 heteroatoms. The van der Waals surface area contributed by atoms with Crippen molar-refractivity contribution in [3.8, 4) is 11.5 Å². The molecule has 1 aromatic carbocycles. The van der Waals surface area contributed by atoms with Crippen molar-refractivity contribution in [2.24, 2.45) is 18.2 Å². The molecular weight excluding hydrogens is 403 g/mol. The molecule has 2 N–H and O–H groups in total. The number of aryl methyl sites for hydroxylation is 1. The van der Waals surface area contributed by atoms with E-state index < -0.39 is 0 Å². The average molecular weight is 431 g/mol. The normalized spacial score (nSPS) is 18.2. The highest BCUT2D eigenvalue weighted by atomic mass is 35.5. The number of methoxy groups -OCH3 is 1. The number of nitrogens with zero attached hydrogens (tertiary/aromatic N) is 3. The number of amides is 1. The number of likely N-dealkylation sites (tertiary alicyclic amines) is 1. The summed E-state index contributed by atoms with van der Waals surface area (Å²) in [5.74, 6) is 1.14. The number of hydrogen-bond acceptors (Lipinski definition) is 5. The Balaban J connectivity index is 0.00000196. The van der Waals surface area contributed by atoms with Crippen LogP contribution in [0.25, 0.3) is 0 Å². The smallest absolute Gasteiger partial charge is 0.254 e. The van der Waals surface area contributed by atoms with E-state index in [1.165, 1.54) is 0 Å². The third-order valence-electron chi connectivity index (χ3n) is 4.90. The molecule has 2 heterocycles. The van der Waals surface area contributed by atoms with Gasteiger partial charge in [-0.1, -0.05) is 6.92 Å². The first kappa shape index (κ1) is 24.1. The highest BCUT2D eigenvalue weighted by Gasteiger charge is 2.35. The van der Waals surface area contributed by atoms with Gasteiger partial charge < -0.3 is 20.1 Å². The summed E-state index contributed by atoms with van der Waals surface area (Å²) in [5, 5.41) is 4.12. The maximum Gasteiger partial charge on any atom is 0.254 e. The van der Waals surface area contributed by atoms with Gasteiger partial charge in [-0.3, -0.25) is 9.48 Å². The van der Waals surface area contributed by atoms with Gasteiger partial charge in [0.25, 0.3) is 5.91 Å². The number of carbonyl (C=O) groups excluding carboxylic acids is 1. The fourth-order valence-corrected chi connectivity index (χ4v) is 3.17. The zero-order chi connectivity index (χ0) is 18.7. The number of ether oxygens (including phenoxy) is 2. The van der Waals surface area contributed by atoms with Gasteiger partial charge in [0.05, 0.1) is 13.3 Å². The van der Waals surface area contributed by atoms with Crippen LogP contribution in [0.1, 0.15) is 29.3 Å². The van der Waals surface area contributed by atoms with Crippen LogP contribution < -0.4 is 15.2 Å². The number of hydrogen-bond donors (Lipinski definition) is 1. The van der Waals surface area contributed by atoms with Crippen LogP contribution in [0.4, 0.5) is 0 Å². The number of carbonyl (C=O) groups is 1. The SMILES string of the molecule is COc1cc(C(=O)N2CCC(C)(CN)C2)ccc1OCc1cnn(C)c1.Cl.Cl. The molecule has 0 aliphatic carbocycles. The molecule has 1 saturated heterocycles. The van der Waals surface area contributed by atoms with Gasteiger partial charge in [-0.25, -0.2) is 0 Å². The van der Waals surface area contributed by atoms with E-state index in [9.17, 15) is 4.79 Å². The highest BCUT2D eigenvalue weighted by Crippen LogP contribution is 2.32. The van der Waals surface area contributed by atoms with Crippen LogP contribution in [0.3, 0.4) is 0 Å². The topological polar surface area (TPSA) is 82.6 Å². The molecule has 1 aliphatic rings. The van der Waals surface area contributed by atoms with Gasteiger partial charge in [0.2, 0.25) is 0 Å². The standard InChI is InChI=1S/C19H26N4O3.2ClH/c1-19(12-20)6-7-23(13-19)18(24)15-4-5-16(17(8-15)25-3)26-11-14-9-21-22(2)10-14;;/h4-5,8-10H,6-7,11-13,20H2,1-3H3;2*1H. The van der Waals surface area contributed by atoms with Crippen LogP contribution in [0.15, 0.2) is 30.6 Å². The lowest BCUT2D eigenvalue weighted by molar-refractivity contribution is 0.0776. The minimum absolute atomic E-state index is 0. The summed E-state index contributed by atoms with van der Waals surface area (Å²) in [6, 6.07) is 5.29. The molecule has 1 aliphatic heterocycles. The lowest BCUT2D eigenvalue weighted by Crippen LogP contribution is -2.34. The second-order valence-corrected chi connectivity index (χ2v) is 7.17. The Bertz CT molecular complexity index is 799. The molecule has 1 amide bonds. The van der Waals surface area contributed by atoms with E-state index >= 15 is 0 Å². The van der Waals surface area contributed by atoms with Gasteiger partial charge in [0, 0.05) is 37.5 Å². The minimum Gasteiger partial charge on any atom is -0.493 e. The predicted molar refractivity (Wildman–Crippen MR) is 113 cm³/mol. The zero-order valence-electron chi connectivity index (χ0n) is 16.4. The number of benzene rings is 1. The lowest BCUT2D eigenvalue weighted by atomic mass is 9.90. The monoisotopic (exact) mass is 430 g/mol. The Morgan fingerprint density at radius 2 is 2.07 bits per heavy atom. The van der Waals surface area contributed by atoms with Crippen molar-refractivity contribution in [1.29, 1.82) is 0 Å². The average Bonchev–Trinajstić information content (AvgIpc) is 3.25.